The van der Waals surface area contributed by atoms with Crippen LogP contribution in [0.2, 0.25) is 0 Å². The van der Waals surface area contributed by atoms with Gasteiger partial charge in [-0.25, -0.2) is 4.79 Å². The highest BCUT2D eigenvalue weighted by molar-refractivity contribution is 5.81. The van der Waals surface area contributed by atoms with Gasteiger partial charge in [-0.2, -0.15) is 0 Å². The van der Waals surface area contributed by atoms with E-state index in [1.807, 2.05) is 0 Å². The highest BCUT2D eigenvalue weighted by Crippen LogP contribution is 2.68. The molecule has 4 aliphatic carbocycles. The molecular formula is C28H44O6. The summed E-state index contributed by atoms with van der Waals surface area (Å²) in [5.74, 6) is 1.15. The second-order valence-corrected chi connectivity index (χ2v) is 12.2. The minimum Gasteiger partial charge on any atom is -0.469 e. The van der Waals surface area contributed by atoms with Gasteiger partial charge in [0.25, 0.3) is 0 Å². The molecule has 0 bridgehead atoms. The molecule has 4 aliphatic rings. The fourth-order valence-corrected chi connectivity index (χ4v) is 9.08. The number of hydrogen-bond donors (Lipinski definition) is 2. The molecule has 0 aliphatic heterocycles. The monoisotopic (exact) mass is 476 g/mol. The quantitative estimate of drug-likeness (QED) is 0.439. The molecule has 0 aromatic carbocycles. The third-order valence-corrected chi connectivity index (χ3v) is 11.0. The molecule has 0 radical (unpaired) electrons. The predicted octanol–water partition coefficient (Wildman–Crippen LogP) is 4.27. The van der Waals surface area contributed by atoms with Crippen LogP contribution in [0.25, 0.3) is 0 Å². The zero-order chi connectivity index (χ0) is 24.8. The fourth-order valence-electron chi connectivity index (χ4n) is 9.08. The third-order valence-electron chi connectivity index (χ3n) is 11.0. The van der Waals surface area contributed by atoms with Gasteiger partial charge in [0.1, 0.15) is 6.10 Å². The van der Waals surface area contributed by atoms with E-state index in [9.17, 15) is 19.8 Å². The van der Waals surface area contributed by atoms with Crippen LogP contribution in [-0.4, -0.2) is 47.6 Å². The normalized spacial score (nSPS) is 46.4. The number of fused-ring (bicyclic) bond motifs is 5. The maximum atomic E-state index is 11.8. The van der Waals surface area contributed by atoms with Crippen molar-refractivity contribution in [3.05, 3.63) is 12.7 Å². The van der Waals surface area contributed by atoms with Gasteiger partial charge in [0.05, 0.1) is 19.3 Å². The molecule has 4 rings (SSSR count). The van der Waals surface area contributed by atoms with Crippen molar-refractivity contribution in [3.63, 3.8) is 0 Å². The molecule has 0 saturated heterocycles. The van der Waals surface area contributed by atoms with Gasteiger partial charge >= 0.3 is 11.9 Å². The lowest BCUT2D eigenvalue weighted by atomic mass is 9.43. The van der Waals surface area contributed by atoms with Crippen molar-refractivity contribution in [3.8, 4) is 0 Å². The lowest BCUT2D eigenvalue weighted by molar-refractivity contribution is -0.209. The summed E-state index contributed by atoms with van der Waals surface area (Å²) in [4.78, 5) is 23.5. The Labute approximate surface area is 204 Å². The molecule has 0 aromatic heterocycles. The molecule has 0 aromatic rings. The average Bonchev–Trinajstić information content (AvgIpc) is 3.17. The highest BCUT2D eigenvalue weighted by Gasteiger charge is 2.65. The van der Waals surface area contributed by atoms with E-state index in [0.29, 0.717) is 18.3 Å². The number of aliphatic hydroxyl groups is 2. The maximum absolute atomic E-state index is 11.8. The van der Waals surface area contributed by atoms with E-state index in [1.54, 1.807) is 0 Å². The van der Waals surface area contributed by atoms with Crippen molar-refractivity contribution in [1.82, 2.24) is 0 Å². The molecule has 0 unspecified atom stereocenters. The molecule has 11 atom stereocenters. The van der Waals surface area contributed by atoms with Gasteiger partial charge in [0.15, 0.2) is 0 Å². The first-order chi connectivity index (χ1) is 16.1. The molecular weight excluding hydrogens is 432 g/mol. The summed E-state index contributed by atoms with van der Waals surface area (Å²) in [7, 11) is 1.43. The van der Waals surface area contributed by atoms with Gasteiger partial charge in [0.2, 0.25) is 0 Å². The Kier molecular flexibility index (Phi) is 7.23. The Hall–Kier alpha value is -1.40. The molecule has 6 heteroatoms. The SMILES string of the molecule is C=CC(=O)O[C@@H]1CC[C@@]2(C)[C@H](C1)C[C@@H](O)[C@@H]1[C@@H]2C[C@H](O)[C@]2(C)[C@@H]([C@H](C)CCC(=O)OC)CC[C@@H]12. The smallest absolute Gasteiger partial charge is 0.330 e. The van der Waals surface area contributed by atoms with E-state index in [4.69, 9.17) is 9.47 Å². The first-order valence-corrected chi connectivity index (χ1v) is 13.3. The first kappa shape index (κ1) is 25.7. The van der Waals surface area contributed by atoms with Crippen molar-refractivity contribution < 1.29 is 29.3 Å². The fraction of sp³-hybridized carbons (Fsp3) is 0.857. The molecule has 34 heavy (non-hydrogen) atoms. The van der Waals surface area contributed by atoms with E-state index in [2.05, 4.69) is 27.4 Å². The van der Waals surface area contributed by atoms with Crippen LogP contribution < -0.4 is 0 Å². The summed E-state index contributed by atoms with van der Waals surface area (Å²) in [5, 5.41) is 23.1. The average molecular weight is 477 g/mol. The number of esters is 2. The summed E-state index contributed by atoms with van der Waals surface area (Å²) in [6, 6.07) is 0. The van der Waals surface area contributed by atoms with Gasteiger partial charge in [0, 0.05) is 12.5 Å². The molecule has 4 fully saturated rings. The Morgan fingerprint density at radius 1 is 1.12 bits per heavy atom. The number of ether oxygens (including phenoxy) is 2. The highest BCUT2D eigenvalue weighted by atomic mass is 16.5. The standard InChI is InChI=1S/C28H44O6/c1-6-24(31)34-18-11-12-27(3)17(13-18)14-22(29)26-20-9-8-19(16(2)7-10-25(32)33-5)28(20,4)23(30)15-21(26)27/h6,16-23,26,29-30H,1,7-15H2,2-5H3/t16-,17-,18-,19-,20+,21+,22-,23+,26+,27+,28-/m1/s1. The summed E-state index contributed by atoms with van der Waals surface area (Å²) < 4.78 is 10.4. The van der Waals surface area contributed by atoms with Crippen LogP contribution in [0.15, 0.2) is 12.7 Å². The van der Waals surface area contributed by atoms with E-state index in [0.717, 1.165) is 51.4 Å². The number of carbonyl (C=O) groups excluding carboxylic acids is 2. The molecule has 4 saturated carbocycles. The minimum atomic E-state index is -0.411. The zero-order valence-electron chi connectivity index (χ0n) is 21.4. The second-order valence-electron chi connectivity index (χ2n) is 12.2. The number of rotatable bonds is 6. The third kappa shape index (κ3) is 4.13. The van der Waals surface area contributed by atoms with Gasteiger partial charge in [-0.05, 0) is 97.7 Å². The molecule has 0 heterocycles. The van der Waals surface area contributed by atoms with Crippen LogP contribution in [0.3, 0.4) is 0 Å². The van der Waals surface area contributed by atoms with Gasteiger partial charge in [-0.1, -0.05) is 27.4 Å². The van der Waals surface area contributed by atoms with Gasteiger partial charge in [-0.3, -0.25) is 4.79 Å². The van der Waals surface area contributed by atoms with Crippen LogP contribution in [0.4, 0.5) is 0 Å². The van der Waals surface area contributed by atoms with Crippen molar-refractivity contribution in [1.29, 1.82) is 0 Å². The van der Waals surface area contributed by atoms with Crippen LogP contribution in [0.5, 0.6) is 0 Å². The number of aliphatic hydroxyl groups excluding tert-OH is 2. The van der Waals surface area contributed by atoms with Crippen molar-refractivity contribution in [2.24, 2.45) is 46.3 Å². The Balaban J connectivity index is 1.53. The van der Waals surface area contributed by atoms with E-state index in [1.165, 1.54) is 13.2 Å². The summed E-state index contributed by atoms with van der Waals surface area (Å²) in [6.45, 7) is 10.3. The molecule has 192 valence electrons. The molecule has 6 nitrogen and oxygen atoms in total. The maximum Gasteiger partial charge on any atom is 0.330 e. The van der Waals surface area contributed by atoms with Crippen LogP contribution >= 0.6 is 0 Å². The predicted molar refractivity (Wildman–Crippen MR) is 128 cm³/mol. The first-order valence-electron chi connectivity index (χ1n) is 13.3. The van der Waals surface area contributed by atoms with Crippen molar-refractivity contribution in [2.45, 2.75) is 96.9 Å². The van der Waals surface area contributed by atoms with Crippen molar-refractivity contribution in [2.75, 3.05) is 7.11 Å². The second kappa shape index (κ2) is 9.57. The summed E-state index contributed by atoms with van der Waals surface area (Å²) >= 11 is 0. The lowest BCUT2D eigenvalue weighted by Gasteiger charge is -2.63. The van der Waals surface area contributed by atoms with E-state index < -0.39 is 12.2 Å². The largest absolute Gasteiger partial charge is 0.469 e. The van der Waals surface area contributed by atoms with E-state index >= 15 is 0 Å². The lowest BCUT2D eigenvalue weighted by Crippen LogP contribution is -2.62. The molecule has 0 spiro atoms. The van der Waals surface area contributed by atoms with Gasteiger partial charge in [-0.15, -0.1) is 0 Å². The Morgan fingerprint density at radius 3 is 2.53 bits per heavy atom. The summed E-state index contributed by atoms with van der Waals surface area (Å²) in [6.07, 6.45) is 7.58. The van der Waals surface area contributed by atoms with Crippen LogP contribution in [0, 0.1) is 46.3 Å². The summed E-state index contributed by atoms with van der Waals surface area (Å²) in [5.41, 5.74) is -0.199. The number of carbonyl (C=O) groups is 2. The van der Waals surface area contributed by atoms with Crippen LogP contribution in [0.1, 0.15) is 78.6 Å². The van der Waals surface area contributed by atoms with E-state index in [-0.39, 0.29) is 52.5 Å². The molecule has 2 N–H and O–H groups in total. The van der Waals surface area contributed by atoms with Crippen molar-refractivity contribution >= 4 is 11.9 Å². The number of methoxy groups -OCH3 is 1. The zero-order valence-corrected chi connectivity index (χ0v) is 21.4. The minimum absolute atomic E-state index is 0.0396. The topological polar surface area (TPSA) is 93.1 Å². The van der Waals surface area contributed by atoms with Crippen LogP contribution in [-0.2, 0) is 19.1 Å². The number of hydrogen-bond acceptors (Lipinski definition) is 6. The molecule has 0 amide bonds. The Bertz CT molecular complexity index is 796. The Morgan fingerprint density at radius 2 is 1.85 bits per heavy atom. The van der Waals surface area contributed by atoms with Gasteiger partial charge < -0.3 is 19.7 Å².